The van der Waals surface area contributed by atoms with Crippen molar-refractivity contribution in [2.75, 3.05) is 0 Å². The van der Waals surface area contributed by atoms with Crippen LogP contribution in [0.5, 0.6) is 0 Å². The molecule has 1 aliphatic heterocycles. The van der Waals surface area contributed by atoms with Gasteiger partial charge in [0.1, 0.15) is 12.2 Å². The highest BCUT2D eigenvalue weighted by molar-refractivity contribution is 5.92. The zero-order valence-corrected chi connectivity index (χ0v) is 22.4. The van der Waals surface area contributed by atoms with Gasteiger partial charge in [-0.25, -0.2) is 19.2 Å². The maximum atomic E-state index is 13.1. The lowest BCUT2D eigenvalue weighted by Crippen LogP contribution is -2.56. The van der Waals surface area contributed by atoms with Crippen molar-refractivity contribution in [2.45, 2.75) is 29.6 Å². The van der Waals surface area contributed by atoms with Crippen LogP contribution < -0.4 is 11.2 Å². The molecular formula is C30H24N2O12. The van der Waals surface area contributed by atoms with Crippen LogP contribution in [0.3, 0.4) is 0 Å². The van der Waals surface area contributed by atoms with Crippen molar-refractivity contribution < 1.29 is 49.8 Å². The molecule has 1 saturated heterocycles. The highest BCUT2D eigenvalue weighted by atomic mass is 16.6. The van der Waals surface area contributed by atoms with E-state index < -0.39 is 86.6 Å². The van der Waals surface area contributed by atoms with E-state index in [1.807, 2.05) is 4.98 Å². The molecule has 0 spiro atoms. The number of benzene rings is 3. The summed E-state index contributed by atoms with van der Waals surface area (Å²) in [6.45, 7) is 0. The van der Waals surface area contributed by atoms with Gasteiger partial charge in [0.05, 0.1) is 16.7 Å². The number of aliphatic hydroxyl groups is 3. The van der Waals surface area contributed by atoms with Gasteiger partial charge in [-0.15, -0.1) is 0 Å². The normalized spacial score (nSPS) is 23.6. The van der Waals surface area contributed by atoms with E-state index in [9.17, 15) is 54.6 Å². The molecule has 0 radical (unpaired) electrons. The Morgan fingerprint density at radius 2 is 1.20 bits per heavy atom. The number of hydrogen-bond acceptors (Lipinski definition) is 9. The highest BCUT2D eigenvalue weighted by Crippen LogP contribution is 2.60. The van der Waals surface area contributed by atoms with Crippen molar-refractivity contribution in [3.05, 3.63) is 139 Å². The summed E-state index contributed by atoms with van der Waals surface area (Å²) in [4.78, 5) is 63.8. The number of rotatable bonds is 8. The molecule has 0 bridgehead atoms. The first-order chi connectivity index (χ1) is 20.8. The van der Waals surface area contributed by atoms with Crippen LogP contribution >= 0.6 is 0 Å². The molecule has 1 unspecified atom stereocenters. The van der Waals surface area contributed by atoms with Gasteiger partial charge in [-0.05, 0) is 23.8 Å². The Morgan fingerprint density at radius 3 is 1.73 bits per heavy atom. The van der Waals surface area contributed by atoms with Gasteiger partial charge in [0, 0.05) is 23.4 Å². The number of carbonyl (C=O) groups is 3. The van der Waals surface area contributed by atoms with Crippen molar-refractivity contribution in [3.63, 3.8) is 0 Å². The lowest BCUT2D eigenvalue weighted by atomic mass is 9.67. The summed E-state index contributed by atoms with van der Waals surface area (Å²) in [6, 6.07) is 15.6. The summed E-state index contributed by atoms with van der Waals surface area (Å²) >= 11 is 0. The minimum atomic E-state index is -3.13. The molecule has 1 aromatic heterocycles. The maximum Gasteiger partial charge on any atom is 0.336 e. The molecule has 4 aromatic rings. The summed E-state index contributed by atoms with van der Waals surface area (Å²) < 4.78 is 6.67. The van der Waals surface area contributed by atoms with Crippen LogP contribution in [0.25, 0.3) is 0 Å². The average Bonchev–Trinajstić information content (AvgIpc) is 3.24. The highest BCUT2D eigenvalue weighted by Gasteiger charge is 2.71. The Hall–Kier alpha value is -5.41. The summed E-state index contributed by atoms with van der Waals surface area (Å²) in [5.41, 5.74) is -11.3. The lowest BCUT2D eigenvalue weighted by Gasteiger charge is -2.43. The van der Waals surface area contributed by atoms with E-state index in [0.717, 1.165) is 42.6 Å². The Morgan fingerprint density at radius 1 is 0.727 bits per heavy atom. The number of H-pyrrole nitrogens is 1. The second-order valence-electron chi connectivity index (χ2n) is 10.00. The van der Waals surface area contributed by atoms with Crippen LogP contribution in [0.15, 0.2) is 94.6 Å². The number of aliphatic hydroxyl groups excluding tert-OH is 1. The van der Waals surface area contributed by atoms with Crippen LogP contribution in [0.2, 0.25) is 0 Å². The topological polar surface area (TPSA) is 237 Å². The molecule has 2 heterocycles. The van der Waals surface area contributed by atoms with Crippen LogP contribution in [0, 0.1) is 0 Å². The second kappa shape index (κ2) is 11.0. The molecule has 0 amide bonds. The Balaban J connectivity index is 1.94. The van der Waals surface area contributed by atoms with Crippen molar-refractivity contribution in [3.8, 4) is 0 Å². The van der Waals surface area contributed by atoms with E-state index in [-0.39, 0.29) is 5.56 Å². The fraction of sp³-hybridized carbons (Fsp3) is 0.167. The van der Waals surface area contributed by atoms with Gasteiger partial charge in [-0.2, -0.15) is 0 Å². The van der Waals surface area contributed by atoms with Crippen LogP contribution in [-0.4, -0.2) is 64.2 Å². The lowest BCUT2D eigenvalue weighted by molar-refractivity contribution is -0.176. The minimum absolute atomic E-state index is 0.320. The van der Waals surface area contributed by atoms with E-state index in [0.29, 0.717) is 4.57 Å². The van der Waals surface area contributed by atoms with E-state index >= 15 is 0 Å². The summed E-state index contributed by atoms with van der Waals surface area (Å²) in [5, 5.41) is 67.3. The van der Waals surface area contributed by atoms with E-state index in [4.69, 9.17) is 4.74 Å². The van der Waals surface area contributed by atoms with Gasteiger partial charge in [-0.1, -0.05) is 54.6 Å². The van der Waals surface area contributed by atoms with E-state index in [1.54, 1.807) is 0 Å². The number of hydrogen-bond donors (Lipinski definition) is 7. The minimum Gasteiger partial charge on any atom is -0.478 e. The third kappa shape index (κ3) is 4.49. The molecule has 1 aliphatic rings. The van der Waals surface area contributed by atoms with Gasteiger partial charge in [-0.3, -0.25) is 14.3 Å². The molecule has 0 saturated carbocycles. The molecule has 5 rings (SSSR count). The largest absolute Gasteiger partial charge is 0.478 e. The van der Waals surface area contributed by atoms with Gasteiger partial charge in [0.15, 0.2) is 17.4 Å². The molecule has 44 heavy (non-hydrogen) atoms. The SMILES string of the molecule is O=C(O)c1ccccc1C(O)[C@H]1O[C@@H](n2ccc(=O)[nH]c2=O)[C@@](O)(c2ccccc2C(=O)O)[C@@]1(O)c1ccccc1C(=O)O. The Kier molecular flexibility index (Phi) is 7.53. The predicted octanol–water partition coefficient (Wildman–Crippen LogP) is 1.04. The number of ether oxygens (including phenoxy) is 1. The summed E-state index contributed by atoms with van der Waals surface area (Å²) in [5.74, 6) is -4.66. The smallest absolute Gasteiger partial charge is 0.336 e. The first-order valence-electron chi connectivity index (χ1n) is 12.9. The van der Waals surface area contributed by atoms with Crippen molar-refractivity contribution >= 4 is 17.9 Å². The molecule has 7 N–H and O–H groups in total. The third-order valence-corrected chi connectivity index (χ3v) is 7.66. The Bertz CT molecular complexity index is 1920. The number of aromatic carboxylic acids is 3. The molecular weight excluding hydrogens is 580 g/mol. The van der Waals surface area contributed by atoms with E-state index in [1.165, 1.54) is 42.5 Å². The molecule has 1 fully saturated rings. The number of nitrogens with zero attached hydrogens (tertiary/aromatic N) is 1. The molecule has 5 atom stereocenters. The van der Waals surface area contributed by atoms with Crippen molar-refractivity contribution in [2.24, 2.45) is 0 Å². The molecule has 14 heteroatoms. The predicted molar refractivity (Wildman–Crippen MR) is 148 cm³/mol. The number of aromatic amines is 1. The number of carboxylic acids is 3. The van der Waals surface area contributed by atoms with Gasteiger partial charge in [0.2, 0.25) is 0 Å². The summed E-state index contributed by atoms with van der Waals surface area (Å²) in [7, 11) is 0. The second-order valence-corrected chi connectivity index (χ2v) is 10.00. The maximum absolute atomic E-state index is 13.1. The molecule has 3 aromatic carbocycles. The third-order valence-electron chi connectivity index (χ3n) is 7.66. The number of aromatic nitrogens is 2. The monoisotopic (exact) mass is 604 g/mol. The molecule has 0 aliphatic carbocycles. The zero-order valence-electron chi connectivity index (χ0n) is 22.4. The first kappa shape index (κ1) is 30.1. The van der Waals surface area contributed by atoms with Gasteiger partial charge in [0.25, 0.3) is 5.56 Å². The average molecular weight is 605 g/mol. The van der Waals surface area contributed by atoms with Gasteiger partial charge < -0.3 is 35.4 Å². The Labute approximate surface area is 246 Å². The summed E-state index contributed by atoms with van der Waals surface area (Å²) in [6.07, 6.45) is -5.56. The van der Waals surface area contributed by atoms with Crippen LogP contribution in [0.4, 0.5) is 0 Å². The molecule has 14 nitrogen and oxygen atoms in total. The fourth-order valence-electron chi connectivity index (χ4n) is 5.74. The van der Waals surface area contributed by atoms with Gasteiger partial charge >= 0.3 is 23.6 Å². The van der Waals surface area contributed by atoms with Crippen LogP contribution in [0.1, 0.15) is 60.1 Å². The fourth-order valence-corrected chi connectivity index (χ4v) is 5.74. The quantitative estimate of drug-likeness (QED) is 0.149. The molecule has 226 valence electrons. The van der Waals surface area contributed by atoms with Crippen molar-refractivity contribution in [1.29, 1.82) is 0 Å². The van der Waals surface area contributed by atoms with Crippen molar-refractivity contribution in [1.82, 2.24) is 9.55 Å². The van der Waals surface area contributed by atoms with E-state index in [2.05, 4.69) is 0 Å². The standard InChI is InChI=1S/C30H24N2O12/c33-21-13-14-32(28(41)31-21)27-30(43,20-12-6-4-10-18(20)26(39)40)29(42,19-11-5-3-9-17(19)25(37)38)23(44-27)22(34)15-7-1-2-8-16(15)24(35)36/h1-14,22-23,27,34,42-43H,(H,35,36)(H,37,38)(H,39,40)(H,31,33,41)/t22?,23-,27-,29-,30+/m1/s1. The number of carboxylic acid groups (broad SMARTS) is 3. The van der Waals surface area contributed by atoms with Crippen LogP contribution in [-0.2, 0) is 15.9 Å². The number of nitrogens with one attached hydrogen (secondary N) is 1. The zero-order chi connectivity index (χ0) is 32.0. The first-order valence-corrected chi connectivity index (χ1v) is 12.9.